The zero-order chi connectivity index (χ0) is 18.8. The van der Waals surface area contributed by atoms with E-state index in [1.807, 2.05) is 12.1 Å². The van der Waals surface area contributed by atoms with Crippen LogP contribution in [0.2, 0.25) is 0 Å². The molecule has 5 heteroatoms. The monoisotopic (exact) mass is 381 g/mol. The quantitative estimate of drug-likeness (QED) is 0.690. The van der Waals surface area contributed by atoms with E-state index in [2.05, 4.69) is 46.7 Å². The molecule has 2 aromatic carbocycles. The molecule has 2 heterocycles. The Hall–Kier alpha value is -2.37. The van der Waals surface area contributed by atoms with Crippen molar-refractivity contribution in [3.05, 3.63) is 65.0 Å². The summed E-state index contributed by atoms with van der Waals surface area (Å²) in [6, 6.07) is 16.6. The third kappa shape index (κ3) is 3.57. The van der Waals surface area contributed by atoms with Crippen LogP contribution in [0.5, 0.6) is 5.75 Å². The van der Waals surface area contributed by atoms with Gasteiger partial charge in [0.15, 0.2) is 0 Å². The van der Waals surface area contributed by atoms with E-state index in [0.717, 1.165) is 30.7 Å². The summed E-state index contributed by atoms with van der Waals surface area (Å²) in [6.07, 6.45) is 1.65. The van der Waals surface area contributed by atoms with Crippen molar-refractivity contribution in [2.24, 2.45) is 5.92 Å². The van der Waals surface area contributed by atoms with Gasteiger partial charge in [-0.15, -0.1) is 11.3 Å². The van der Waals surface area contributed by atoms with Crippen molar-refractivity contribution in [2.45, 2.75) is 18.9 Å². The minimum atomic E-state index is -0.695. The highest BCUT2D eigenvalue weighted by atomic mass is 32.1. The lowest BCUT2D eigenvalue weighted by molar-refractivity contribution is -0.143. The number of likely N-dealkylation sites (tertiary alicyclic amines) is 1. The molecule has 0 bridgehead atoms. The SMILES string of the molecule is COc1cccc(C(c2csc3ccccc23)N2CCCC(C(=O)O)C2)c1. The molecule has 1 N–H and O–H groups in total. The van der Waals surface area contributed by atoms with Crippen LogP contribution in [0, 0.1) is 5.92 Å². The predicted molar refractivity (Wildman–Crippen MR) is 109 cm³/mol. The molecule has 3 aromatic rings. The molecule has 2 atom stereocenters. The molecule has 1 saturated heterocycles. The van der Waals surface area contributed by atoms with Crippen LogP contribution < -0.4 is 4.74 Å². The highest BCUT2D eigenvalue weighted by molar-refractivity contribution is 7.17. The Labute approximate surface area is 163 Å². The molecule has 27 heavy (non-hydrogen) atoms. The first-order valence-corrected chi connectivity index (χ1v) is 10.1. The fourth-order valence-electron chi connectivity index (χ4n) is 4.05. The lowest BCUT2D eigenvalue weighted by atomic mass is 9.91. The topological polar surface area (TPSA) is 49.8 Å². The third-order valence-corrected chi connectivity index (χ3v) is 6.36. The van der Waals surface area contributed by atoms with Crippen LogP contribution in [0.3, 0.4) is 0 Å². The molecular formula is C22H23NO3S. The second kappa shape index (κ2) is 7.71. The Morgan fingerprint density at radius 1 is 1.26 bits per heavy atom. The van der Waals surface area contributed by atoms with Gasteiger partial charge in [-0.3, -0.25) is 9.69 Å². The number of aliphatic carboxylic acids is 1. The highest BCUT2D eigenvalue weighted by Gasteiger charge is 2.32. The van der Waals surface area contributed by atoms with E-state index in [1.54, 1.807) is 18.4 Å². The Kier molecular flexibility index (Phi) is 5.14. The largest absolute Gasteiger partial charge is 0.497 e. The van der Waals surface area contributed by atoms with Crippen LogP contribution in [0.15, 0.2) is 53.9 Å². The normalized spacial score (nSPS) is 19.1. The molecule has 140 valence electrons. The van der Waals surface area contributed by atoms with Gasteiger partial charge in [-0.2, -0.15) is 0 Å². The van der Waals surface area contributed by atoms with Crippen molar-refractivity contribution in [3.8, 4) is 5.75 Å². The molecule has 4 nitrogen and oxygen atoms in total. The molecule has 0 spiro atoms. The first kappa shape index (κ1) is 18.0. The maximum absolute atomic E-state index is 11.6. The number of carboxylic acid groups (broad SMARTS) is 1. The first-order valence-electron chi connectivity index (χ1n) is 9.24. The fraction of sp³-hybridized carbons (Fsp3) is 0.318. The molecule has 1 aliphatic heterocycles. The molecule has 1 fully saturated rings. The number of ether oxygens (including phenoxy) is 1. The number of rotatable bonds is 5. The molecule has 0 amide bonds. The van der Waals surface area contributed by atoms with Gasteiger partial charge in [-0.25, -0.2) is 0 Å². The van der Waals surface area contributed by atoms with Gasteiger partial charge in [-0.1, -0.05) is 30.3 Å². The van der Waals surface area contributed by atoms with E-state index in [-0.39, 0.29) is 12.0 Å². The van der Waals surface area contributed by atoms with Gasteiger partial charge < -0.3 is 9.84 Å². The lowest BCUT2D eigenvalue weighted by Crippen LogP contribution is -2.41. The smallest absolute Gasteiger partial charge is 0.307 e. The lowest BCUT2D eigenvalue weighted by Gasteiger charge is -2.37. The molecule has 0 radical (unpaired) electrons. The van der Waals surface area contributed by atoms with Crippen molar-refractivity contribution in [1.29, 1.82) is 0 Å². The average molecular weight is 381 g/mol. The summed E-state index contributed by atoms with van der Waals surface area (Å²) in [5, 5.41) is 13.0. The number of hydrogen-bond acceptors (Lipinski definition) is 4. The van der Waals surface area contributed by atoms with Crippen molar-refractivity contribution in [2.75, 3.05) is 20.2 Å². The molecular weight excluding hydrogens is 358 g/mol. The van der Waals surface area contributed by atoms with E-state index in [4.69, 9.17) is 4.74 Å². The molecule has 0 aliphatic carbocycles. The maximum Gasteiger partial charge on any atom is 0.307 e. The number of carbonyl (C=O) groups is 1. The molecule has 1 aliphatic rings. The Bertz CT molecular complexity index is 951. The van der Waals surface area contributed by atoms with Crippen LogP contribution >= 0.6 is 11.3 Å². The van der Waals surface area contributed by atoms with Crippen molar-refractivity contribution >= 4 is 27.4 Å². The summed E-state index contributed by atoms with van der Waals surface area (Å²) in [5.74, 6) is -0.181. The molecule has 2 unspecified atom stereocenters. The van der Waals surface area contributed by atoms with Crippen LogP contribution in [0.25, 0.3) is 10.1 Å². The first-order chi connectivity index (χ1) is 13.2. The van der Waals surface area contributed by atoms with Crippen LogP contribution in [-0.4, -0.2) is 36.2 Å². The average Bonchev–Trinajstić information content (AvgIpc) is 3.12. The van der Waals surface area contributed by atoms with Gasteiger partial charge >= 0.3 is 5.97 Å². The fourth-order valence-corrected chi connectivity index (χ4v) is 5.03. The summed E-state index contributed by atoms with van der Waals surface area (Å²) in [4.78, 5) is 13.9. The van der Waals surface area contributed by atoms with Crippen LogP contribution in [0.4, 0.5) is 0 Å². The van der Waals surface area contributed by atoms with E-state index in [0.29, 0.717) is 6.54 Å². The number of carboxylic acids is 1. The van der Waals surface area contributed by atoms with E-state index >= 15 is 0 Å². The van der Waals surface area contributed by atoms with Crippen LogP contribution in [-0.2, 0) is 4.79 Å². The summed E-state index contributed by atoms with van der Waals surface area (Å²) in [7, 11) is 1.68. The number of fused-ring (bicyclic) bond motifs is 1. The van der Waals surface area contributed by atoms with Crippen LogP contribution in [0.1, 0.15) is 30.0 Å². The van der Waals surface area contributed by atoms with Gasteiger partial charge in [0, 0.05) is 11.2 Å². The molecule has 1 aromatic heterocycles. The van der Waals surface area contributed by atoms with Gasteiger partial charge in [0.05, 0.1) is 19.1 Å². The number of piperidine rings is 1. The molecule has 0 saturated carbocycles. The second-order valence-corrected chi connectivity index (χ2v) is 7.95. The van der Waals surface area contributed by atoms with E-state index < -0.39 is 5.97 Å². The summed E-state index contributed by atoms with van der Waals surface area (Å²) < 4.78 is 6.70. The number of benzene rings is 2. The maximum atomic E-state index is 11.6. The number of thiophene rings is 1. The van der Waals surface area contributed by atoms with Crippen molar-refractivity contribution in [3.63, 3.8) is 0 Å². The molecule has 4 rings (SSSR count). The number of hydrogen-bond donors (Lipinski definition) is 1. The number of nitrogens with zero attached hydrogens (tertiary/aromatic N) is 1. The summed E-state index contributed by atoms with van der Waals surface area (Å²) in [6.45, 7) is 1.47. The van der Waals surface area contributed by atoms with E-state index in [9.17, 15) is 9.90 Å². The van der Waals surface area contributed by atoms with Gasteiger partial charge in [0.2, 0.25) is 0 Å². The van der Waals surface area contributed by atoms with Crippen molar-refractivity contribution in [1.82, 2.24) is 4.90 Å². The second-order valence-electron chi connectivity index (χ2n) is 7.04. The van der Waals surface area contributed by atoms with Crippen molar-refractivity contribution < 1.29 is 14.6 Å². The summed E-state index contributed by atoms with van der Waals surface area (Å²) in [5.41, 5.74) is 2.39. The summed E-state index contributed by atoms with van der Waals surface area (Å²) >= 11 is 1.74. The van der Waals surface area contributed by atoms with Gasteiger partial charge in [0.1, 0.15) is 5.75 Å². The van der Waals surface area contributed by atoms with Gasteiger partial charge in [0.25, 0.3) is 0 Å². The minimum Gasteiger partial charge on any atom is -0.497 e. The Morgan fingerprint density at radius 3 is 2.93 bits per heavy atom. The Morgan fingerprint density at radius 2 is 2.11 bits per heavy atom. The Balaban J connectivity index is 1.81. The highest BCUT2D eigenvalue weighted by Crippen LogP contribution is 2.39. The standard InChI is InChI=1S/C22H23NO3S/c1-26-17-8-4-6-15(12-17)21(23-11-5-7-16(13-23)22(24)25)19-14-27-20-10-3-2-9-18(19)20/h2-4,6,8-10,12,14,16,21H,5,7,11,13H2,1H3,(H,24,25). The zero-order valence-electron chi connectivity index (χ0n) is 15.3. The van der Waals surface area contributed by atoms with Gasteiger partial charge in [-0.05, 0) is 59.5 Å². The van der Waals surface area contributed by atoms with E-state index in [1.165, 1.54) is 15.6 Å². The number of methoxy groups -OCH3 is 1. The third-order valence-electron chi connectivity index (χ3n) is 5.38. The zero-order valence-corrected chi connectivity index (χ0v) is 16.1. The predicted octanol–water partition coefficient (Wildman–Crippen LogP) is 4.80. The minimum absolute atomic E-state index is 0.0263.